The molecule has 0 aromatic heterocycles. The van der Waals surface area contributed by atoms with E-state index < -0.39 is 18.2 Å². The molecule has 0 saturated carbocycles. The molecule has 6 nitrogen and oxygen atoms in total. The maximum absolute atomic E-state index is 13.2. The molecule has 0 bridgehead atoms. The number of unbranched alkanes of at least 4 members (excludes halogenated alkanes) is 23. The minimum absolute atomic E-state index is 0.0482. The number of amides is 1. The van der Waals surface area contributed by atoms with Crippen molar-refractivity contribution < 1.29 is 24.5 Å². The second kappa shape index (κ2) is 50.3. The van der Waals surface area contributed by atoms with Crippen LogP contribution in [0.25, 0.3) is 0 Å². The lowest BCUT2D eigenvalue weighted by atomic mass is 10.0. The first-order valence-corrected chi connectivity index (χ1v) is 26.7. The predicted octanol–water partition coefficient (Wildman–Crippen LogP) is 16.2. The molecule has 0 heterocycles. The molecule has 3 N–H and O–H groups in total. The minimum Gasteiger partial charge on any atom is -0.462 e. The summed E-state index contributed by atoms with van der Waals surface area (Å²) in [4.78, 5) is 26.2. The Bertz CT molecular complexity index is 1170. The van der Waals surface area contributed by atoms with Crippen LogP contribution < -0.4 is 5.32 Å². The van der Waals surface area contributed by atoms with Gasteiger partial charge in [0.1, 0.15) is 6.10 Å². The Hall–Kier alpha value is -2.70. The number of ether oxygens (including phenoxy) is 1. The van der Waals surface area contributed by atoms with Crippen molar-refractivity contribution in [3.63, 3.8) is 0 Å². The van der Waals surface area contributed by atoms with Gasteiger partial charge in [-0.3, -0.25) is 9.59 Å². The highest BCUT2D eigenvalue weighted by molar-refractivity contribution is 5.77. The van der Waals surface area contributed by atoms with Crippen molar-refractivity contribution in [2.75, 3.05) is 6.61 Å². The van der Waals surface area contributed by atoms with Gasteiger partial charge in [0.05, 0.1) is 25.2 Å². The summed E-state index contributed by atoms with van der Waals surface area (Å²) in [5.74, 6) is -0.549. The molecule has 0 aromatic carbocycles. The molecule has 6 heteroatoms. The number of aliphatic hydroxyl groups is 2. The van der Waals surface area contributed by atoms with Gasteiger partial charge in [-0.05, 0) is 96.3 Å². The molecule has 0 aliphatic carbocycles. The van der Waals surface area contributed by atoms with E-state index in [0.29, 0.717) is 25.7 Å². The largest absolute Gasteiger partial charge is 0.462 e. The van der Waals surface area contributed by atoms with Gasteiger partial charge in [0.15, 0.2) is 0 Å². The number of carbonyl (C=O) groups excluding carboxylic acids is 2. The van der Waals surface area contributed by atoms with E-state index in [0.717, 1.165) is 77.0 Å². The van der Waals surface area contributed by atoms with Crippen molar-refractivity contribution in [3.05, 3.63) is 72.9 Å². The first kappa shape index (κ1) is 60.3. The Labute approximate surface area is 390 Å². The molecule has 63 heavy (non-hydrogen) atoms. The molecule has 0 fully saturated rings. The summed E-state index contributed by atoms with van der Waals surface area (Å²) in [7, 11) is 0. The van der Waals surface area contributed by atoms with Crippen LogP contribution in [0.4, 0.5) is 0 Å². The fourth-order valence-electron chi connectivity index (χ4n) is 7.69. The number of rotatable bonds is 47. The standard InChI is InChI=1S/C57H101NO5/c1-4-7-10-13-16-19-22-24-26-28-30-32-34-36-39-42-45-48-53(51-56(61)58-54(52-59)55(60)49-46-43-40-37-21-18-15-12-9-6-3)63-57(62)50-47-44-41-38-35-33-31-29-27-25-23-20-17-14-11-8-5-2/h16-17,19-20,24-27,31,33,38,41,53-55,59-60H,4-15,18,21-23,28-30,32,34-37,39-40,42-52H2,1-3H3,(H,58,61)/b19-16-,20-17-,26-24-,27-25-,33-31-,41-38-. The summed E-state index contributed by atoms with van der Waals surface area (Å²) < 4.78 is 5.91. The summed E-state index contributed by atoms with van der Waals surface area (Å²) in [6.07, 6.45) is 63.9. The van der Waals surface area contributed by atoms with Crippen LogP contribution in [0.3, 0.4) is 0 Å². The highest BCUT2D eigenvalue weighted by Gasteiger charge is 2.24. The van der Waals surface area contributed by atoms with E-state index in [1.807, 2.05) is 0 Å². The van der Waals surface area contributed by atoms with Crippen LogP contribution in [0.1, 0.15) is 252 Å². The van der Waals surface area contributed by atoms with Gasteiger partial charge >= 0.3 is 5.97 Å². The van der Waals surface area contributed by atoms with Crippen molar-refractivity contribution in [1.82, 2.24) is 5.32 Å². The number of hydrogen-bond acceptors (Lipinski definition) is 5. The number of aliphatic hydroxyl groups excluding tert-OH is 2. The molecule has 0 aromatic rings. The highest BCUT2D eigenvalue weighted by atomic mass is 16.5. The second-order valence-corrected chi connectivity index (χ2v) is 17.9. The van der Waals surface area contributed by atoms with Crippen LogP contribution in [-0.4, -0.2) is 46.9 Å². The van der Waals surface area contributed by atoms with Gasteiger partial charge in [-0.1, -0.05) is 216 Å². The Balaban J connectivity index is 4.69. The molecule has 0 spiro atoms. The van der Waals surface area contributed by atoms with E-state index >= 15 is 0 Å². The van der Waals surface area contributed by atoms with Crippen LogP contribution in [0, 0.1) is 0 Å². The van der Waals surface area contributed by atoms with Crippen molar-refractivity contribution >= 4 is 11.9 Å². The Morgan fingerprint density at radius 3 is 1.25 bits per heavy atom. The summed E-state index contributed by atoms with van der Waals surface area (Å²) in [5, 5.41) is 23.7. The van der Waals surface area contributed by atoms with Crippen LogP contribution in [0.2, 0.25) is 0 Å². The van der Waals surface area contributed by atoms with Crippen LogP contribution >= 0.6 is 0 Å². The summed E-state index contributed by atoms with van der Waals surface area (Å²) in [6, 6.07) is -0.717. The summed E-state index contributed by atoms with van der Waals surface area (Å²) in [6.45, 7) is 6.41. The summed E-state index contributed by atoms with van der Waals surface area (Å²) >= 11 is 0. The fraction of sp³-hybridized carbons (Fsp3) is 0.754. The molecule has 1 amide bonds. The maximum atomic E-state index is 13.2. The van der Waals surface area contributed by atoms with E-state index in [-0.39, 0.29) is 24.9 Å². The molecule has 364 valence electrons. The lowest BCUT2D eigenvalue weighted by Crippen LogP contribution is -2.46. The van der Waals surface area contributed by atoms with Crippen molar-refractivity contribution in [1.29, 1.82) is 0 Å². The van der Waals surface area contributed by atoms with Gasteiger partial charge in [-0.25, -0.2) is 0 Å². The van der Waals surface area contributed by atoms with E-state index in [1.165, 1.54) is 122 Å². The fourth-order valence-corrected chi connectivity index (χ4v) is 7.69. The van der Waals surface area contributed by atoms with Crippen molar-refractivity contribution in [2.24, 2.45) is 0 Å². The Morgan fingerprint density at radius 1 is 0.460 bits per heavy atom. The molecular formula is C57H101NO5. The quantitative estimate of drug-likeness (QED) is 0.0321. The van der Waals surface area contributed by atoms with E-state index in [2.05, 4.69) is 99.0 Å². The molecule has 0 aliphatic heterocycles. The molecule has 0 rings (SSSR count). The van der Waals surface area contributed by atoms with Crippen molar-refractivity contribution in [2.45, 2.75) is 270 Å². The average Bonchev–Trinajstić information content (AvgIpc) is 3.28. The van der Waals surface area contributed by atoms with E-state index in [4.69, 9.17) is 4.74 Å². The molecule has 3 atom stereocenters. The zero-order valence-corrected chi connectivity index (χ0v) is 41.4. The maximum Gasteiger partial charge on any atom is 0.306 e. The SMILES string of the molecule is CCCCC/C=C\C/C=C\C/C=C\C/C=C\CCCC(=O)OC(CCCCCCCCC/C=C\C/C=C\CCCCC)CC(=O)NC(CO)C(O)CCCCCCCCCCCC. The predicted molar refractivity (Wildman–Crippen MR) is 273 cm³/mol. The van der Waals surface area contributed by atoms with Gasteiger partial charge < -0.3 is 20.3 Å². The van der Waals surface area contributed by atoms with Gasteiger partial charge in [0, 0.05) is 6.42 Å². The lowest BCUT2D eigenvalue weighted by Gasteiger charge is -2.24. The minimum atomic E-state index is -0.801. The van der Waals surface area contributed by atoms with Crippen LogP contribution in [0.15, 0.2) is 72.9 Å². The smallest absolute Gasteiger partial charge is 0.306 e. The number of nitrogens with one attached hydrogen (secondary N) is 1. The zero-order chi connectivity index (χ0) is 45.9. The first-order valence-electron chi connectivity index (χ1n) is 26.7. The van der Waals surface area contributed by atoms with Gasteiger partial charge in [-0.2, -0.15) is 0 Å². The van der Waals surface area contributed by atoms with Gasteiger partial charge in [-0.15, -0.1) is 0 Å². The first-order chi connectivity index (χ1) is 31.0. The summed E-state index contributed by atoms with van der Waals surface area (Å²) in [5.41, 5.74) is 0. The number of carbonyl (C=O) groups is 2. The van der Waals surface area contributed by atoms with Gasteiger partial charge in [0.25, 0.3) is 0 Å². The number of esters is 1. The van der Waals surface area contributed by atoms with Crippen LogP contribution in [-0.2, 0) is 14.3 Å². The monoisotopic (exact) mass is 880 g/mol. The highest BCUT2D eigenvalue weighted by Crippen LogP contribution is 2.17. The average molecular weight is 880 g/mol. The third-order valence-electron chi connectivity index (χ3n) is 11.8. The Kier molecular flexibility index (Phi) is 48.1. The Morgan fingerprint density at radius 2 is 0.810 bits per heavy atom. The molecule has 0 aliphatic rings. The zero-order valence-electron chi connectivity index (χ0n) is 41.4. The molecular weight excluding hydrogens is 779 g/mol. The topological polar surface area (TPSA) is 95.9 Å². The third-order valence-corrected chi connectivity index (χ3v) is 11.8. The van der Waals surface area contributed by atoms with E-state index in [9.17, 15) is 19.8 Å². The van der Waals surface area contributed by atoms with Crippen LogP contribution in [0.5, 0.6) is 0 Å². The molecule has 0 radical (unpaired) electrons. The van der Waals surface area contributed by atoms with E-state index in [1.54, 1.807) is 0 Å². The van der Waals surface area contributed by atoms with Gasteiger partial charge in [0.2, 0.25) is 5.91 Å². The number of hydrogen-bond donors (Lipinski definition) is 3. The molecule has 3 unspecified atom stereocenters. The lowest BCUT2D eigenvalue weighted by molar-refractivity contribution is -0.151. The third kappa shape index (κ3) is 45.7. The second-order valence-electron chi connectivity index (χ2n) is 17.9. The van der Waals surface area contributed by atoms with Crippen molar-refractivity contribution in [3.8, 4) is 0 Å². The number of allylic oxidation sites excluding steroid dienone is 12. The normalized spacial score (nSPS) is 13.8. The molecule has 0 saturated heterocycles.